The number of pyridine rings is 1. The molecule has 0 bridgehead atoms. The molecular weight excluding hydrogens is 413 g/mol. The van der Waals surface area contributed by atoms with Crippen LogP contribution in [0.15, 0.2) is 61.1 Å². The Morgan fingerprint density at radius 1 is 1.03 bits per heavy atom. The van der Waals surface area contributed by atoms with Crippen LogP contribution in [0.2, 0.25) is 0 Å². The van der Waals surface area contributed by atoms with E-state index in [0.717, 1.165) is 11.8 Å². The molecular formula is C23H24FN5O3. The van der Waals surface area contributed by atoms with Crippen molar-refractivity contribution in [2.75, 3.05) is 31.1 Å². The summed E-state index contributed by atoms with van der Waals surface area (Å²) in [6.45, 7) is 3.93. The quantitative estimate of drug-likeness (QED) is 0.656. The molecule has 1 aromatic carbocycles. The summed E-state index contributed by atoms with van der Waals surface area (Å²) in [6, 6.07) is 12.2. The summed E-state index contributed by atoms with van der Waals surface area (Å²) in [7, 11) is 0. The molecule has 1 aliphatic rings. The number of hydrogen-bond donors (Lipinski definition) is 1. The van der Waals surface area contributed by atoms with Gasteiger partial charge in [-0.15, -0.1) is 0 Å². The molecule has 0 spiro atoms. The summed E-state index contributed by atoms with van der Waals surface area (Å²) in [5, 5.41) is 10.8. The van der Waals surface area contributed by atoms with Crippen LogP contribution in [0.1, 0.15) is 23.7 Å². The van der Waals surface area contributed by atoms with Crippen LogP contribution in [-0.2, 0) is 16.9 Å². The number of rotatable bonds is 5. The molecule has 8 nitrogen and oxygen atoms in total. The summed E-state index contributed by atoms with van der Waals surface area (Å²) in [5.74, 6) is 0.0353. The molecule has 3 aromatic rings. The van der Waals surface area contributed by atoms with Crippen molar-refractivity contribution < 1.29 is 19.0 Å². The molecule has 1 N–H and O–H groups in total. The van der Waals surface area contributed by atoms with E-state index >= 15 is 0 Å². The van der Waals surface area contributed by atoms with Crippen molar-refractivity contribution in [1.29, 1.82) is 0 Å². The second-order valence-electron chi connectivity index (χ2n) is 7.72. The lowest BCUT2D eigenvalue weighted by Gasteiger charge is -2.34. The summed E-state index contributed by atoms with van der Waals surface area (Å²) >= 11 is 0. The first-order chi connectivity index (χ1) is 15.4. The van der Waals surface area contributed by atoms with Gasteiger partial charge in [0.15, 0.2) is 0 Å². The maximum absolute atomic E-state index is 13.1. The normalized spacial score (nSPS) is 15.8. The molecule has 2 aromatic heterocycles. The molecule has 9 heteroatoms. The van der Waals surface area contributed by atoms with Crippen molar-refractivity contribution in [1.82, 2.24) is 19.9 Å². The van der Waals surface area contributed by atoms with Gasteiger partial charge in [0, 0.05) is 44.1 Å². The largest absolute Gasteiger partial charge is 0.445 e. The van der Waals surface area contributed by atoms with E-state index in [1.807, 2.05) is 35.2 Å². The van der Waals surface area contributed by atoms with E-state index in [0.29, 0.717) is 43.4 Å². The van der Waals surface area contributed by atoms with Crippen LogP contribution in [0.25, 0.3) is 0 Å². The number of ether oxygens (including phenoxy) is 1. The van der Waals surface area contributed by atoms with Crippen molar-refractivity contribution in [3.63, 3.8) is 0 Å². The number of carbonyl (C=O) groups excluding carboxylic acids is 1. The van der Waals surface area contributed by atoms with Gasteiger partial charge < -0.3 is 19.6 Å². The van der Waals surface area contributed by atoms with Gasteiger partial charge in [0.25, 0.3) is 0 Å². The molecule has 1 aliphatic heterocycles. The molecule has 166 valence electrons. The van der Waals surface area contributed by atoms with Crippen molar-refractivity contribution in [2.45, 2.75) is 19.1 Å². The maximum Gasteiger partial charge on any atom is 0.410 e. The summed E-state index contributed by atoms with van der Waals surface area (Å²) < 4.78 is 18.5. The van der Waals surface area contributed by atoms with Gasteiger partial charge >= 0.3 is 6.09 Å². The van der Waals surface area contributed by atoms with Crippen molar-refractivity contribution in [2.24, 2.45) is 0 Å². The first-order valence-electron chi connectivity index (χ1n) is 10.3. The second-order valence-corrected chi connectivity index (χ2v) is 7.72. The van der Waals surface area contributed by atoms with Crippen LogP contribution in [0, 0.1) is 5.82 Å². The van der Waals surface area contributed by atoms with Gasteiger partial charge in [0.2, 0.25) is 5.95 Å². The molecule has 4 rings (SSSR count). The Morgan fingerprint density at radius 2 is 1.72 bits per heavy atom. The Morgan fingerprint density at radius 3 is 2.34 bits per heavy atom. The van der Waals surface area contributed by atoms with Crippen LogP contribution in [0.3, 0.4) is 0 Å². The molecule has 1 amide bonds. The van der Waals surface area contributed by atoms with Crippen LogP contribution in [-0.4, -0.2) is 57.2 Å². The van der Waals surface area contributed by atoms with Crippen LogP contribution in [0.5, 0.6) is 0 Å². The minimum absolute atomic E-state index is 0.243. The number of nitrogens with zero attached hydrogens (tertiary/aromatic N) is 5. The summed E-state index contributed by atoms with van der Waals surface area (Å²) in [6.07, 6.45) is 3.79. The number of piperazine rings is 1. The van der Waals surface area contributed by atoms with E-state index < -0.39 is 11.4 Å². The van der Waals surface area contributed by atoms with E-state index in [1.54, 1.807) is 11.8 Å². The highest BCUT2D eigenvalue weighted by Crippen LogP contribution is 2.27. The van der Waals surface area contributed by atoms with Crippen LogP contribution in [0.4, 0.5) is 15.1 Å². The number of anilines is 1. The molecule has 1 atom stereocenters. The number of aromatic nitrogens is 3. The average Bonchev–Trinajstić information content (AvgIpc) is 2.84. The number of halogens is 1. The molecule has 1 saturated heterocycles. The Balaban J connectivity index is 1.33. The zero-order valence-electron chi connectivity index (χ0n) is 17.7. The Bertz CT molecular complexity index is 1040. The Hall–Kier alpha value is -3.59. The molecule has 3 heterocycles. The highest BCUT2D eigenvalue weighted by molar-refractivity contribution is 5.68. The van der Waals surface area contributed by atoms with Gasteiger partial charge in [-0.05, 0) is 24.6 Å². The standard InChI is InChI=1S/C23H24FN5O3/c1-23(31,20-8-7-19(24)15-25-20)18-13-26-21(27-14-18)28-9-11-29(12-10-28)22(30)32-16-17-5-3-2-4-6-17/h2-8,13-15,31H,9-12,16H2,1H3. The van der Waals surface area contributed by atoms with Gasteiger partial charge in [-0.3, -0.25) is 4.98 Å². The number of benzene rings is 1. The smallest absolute Gasteiger partial charge is 0.410 e. The van der Waals surface area contributed by atoms with E-state index in [-0.39, 0.29) is 12.7 Å². The second kappa shape index (κ2) is 9.27. The Kier molecular flexibility index (Phi) is 6.27. The fourth-order valence-corrected chi connectivity index (χ4v) is 3.45. The third kappa shape index (κ3) is 4.83. The highest BCUT2D eigenvalue weighted by atomic mass is 19.1. The predicted octanol–water partition coefficient (Wildman–Crippen LogP) is 2.73. The number of carbonyl (C=O) groups is 1. The van der Waals surface area contributed by atoms with Crippen molar-refractivity contribution in [3.05, 3.63) is 83.7 Å². The SMILES string of the molecule is CC(O)(c1cnc(N2CCN(C(=O)OCc3ccccc3)CC2)nc1)c1ccc(F)cn1. The van der Waals surface area contributed by atoms with Gasteiger partial charge in [0.05, 0.1) is 11.9 Å². The molecule has 0 saturated carbocycles. The first kappa shape index (κ1) is 21.6. The number of aliphatic hydroxyl groups is 1. The average molecular weight is 437 g/mol. The third-order valence-electron chi connectivity index (χ3n) is 5.45. The van der Waals surface area contributed by atoms with E-state index in [1.165, 1.54) is 24.5 Å². The maximum atomic E-state index is 13.1. The first-order valence-corrected chi connectivity index (χ1v) is 10.3. The third-order valence-corrected chi connectivity index (χ3v) is 5.45. The van der Waals surface area contributed by atoms with Crippen LogP contribution < -0.4 is 4.90 Å². The summed E-state index contributed by atoms with van der Waals surface area (Å²) in [4.78, 5) is 28.7. The minimum atomic E-state index is -1.45. The molecule has 0 radical (unpaired) electrons. The van der Waals surface area contributed by atoms with Crippen molar-refractivity contribution >= 4 is 12.0 Å². The number of hydrogen-bond acceptors (Lipinski definition) is 7. The fourth-order valence-electron chi connectivity index (χ4n) is 3.45. The fraction of sp³-hybridized carbons (Fsp3) is 0.304. The number of amides is 1. The lowest BCUT2D eigenvalue weighted by molar-refractivity contribution is 0.0935. The van der Waals surface area contributed by atoms with Gasteiger partial charge in [-0.2, -0.15) is 0 Å². The lowest BCUT2D eigenvalue weighted by atomic mass is 9.94. The van der Waals surface area contributed by atoms with Crippen molar-refractivity contribution in [3.8, 4) is 0 Å². The molecule has 32 heavy (non-hydrogen) atoms. The lowest BCUT2D eigenvalue weighted by Crippen LogP contribution is -2.49. The van der Waals surface area contributed by atoms with Gasteiger partial charge in [-0.1, -0.05) is 30.3 Å². The Labute approximate surface area is 185 Å². The van der Waals surface area contributed by atoms with E-state index in [4.69, 9.17) is 4.74 Å². The molecule has 0 aliphatic carbocycles. The topological polar surface area (TPSA) is 91.7 Å². The van der Waals surface area contributed by atoms with Crippen LogP contribution >= 0.6 is 0 Å². The zero-order valence-corrected chi connectivity index (χ0v) is 17.7. The molecule has 1 unspecified atom stereocenters. The monoisotopic (exact) mass is 437 g/mol. The zero-order chi connectivity index (χ0) is 22.6. The van der Waals surface area contributed by atoms with Gasteiger partial charge in [0.1, 0.15) is 18.0 Å². The highest BCUT2D eigenvalue weighted by Gasteiger charge is 2.29. The predicted molar refractivity (Wildman–Crippen MR) is 115 cm³/mol. The van der Waals surface area contributed by atoms with Gasteiger partial charge in [-0.25, -0.2) is 19.2 Å². The summed E-state index contributed by atoms with van der Waals surface area (Å²) in [5.41, 5.74) is 0.244. The van der Waals surface area contributed by atoms with E-state index in [2.05, 4.69) is 15.0 Å². The van der Waals surface area contributed by atoms with E-state index in [9.17, 15) is 14.3 Å². The minimum Gasteiger partial charge on any atom is -0.445 e. The molecule has 1 fully saturated rings.